The summed E-state index contributed by atoms with van der Waals surface area (Å²) in [5.74, 6) is 0. The first-order valence-corrected chi connectivity index (χ1v) is 4.63. The Kier molecular flexibility index (Phi) is 3.56. The van der Waals surface area contributed by atoms with E-state index in [1.165, 1.54) is 0 Å². The van der Waals surface area contributed by atoms with Crippen molar-refractivity contribution in [1.82, 2.24) is 3.94 Å². The van der Waals surface area contributed by atoms with Crippen LogP contribution in [-0.4, -0.2) is 10.5 Å². The summed E-state index contributed by atoms with van der Waals surface area (Å²) in [4.78, 5) is 0. The van der Waals surface area contributed by atoms with Gasteiger partial charge in [0.05, 0.1) is 12.1 Å². The van der Waals surface area contributed by atoms with E-state index in [9.17, 15) is 0 Å². The summed E-state index contributed by atoms with van der Waals surface area (Å²) in [6.07, 6.45) is 0. The van der Waals surface area contributed by atoms with Gasteiger partial charge < -0.3 is 5.73 Å². The number of nitrogens with zero attached hydrogens (tertiary/aromatic N) is 1. The summed E-state index contributed by atoms with van der Waals surface area (Å²) in [5.41, 5.74) is 6.52. The topological polar surface area (TPSA) is 29.3 Å². The van der Waals surface area contributed by atoms with Gasteiger partial charge in [-0.2, -0.15) is 0 Å². The van der Waals surface area contributed by atoms with Crippen molar-refractivity contribution in [1.29, 1.82) is 0 Å². The van der Waals surface area contributed by atoms with E-state index < -0.39 is 5.54 Å². The van der Waals surface area contributed by atoms with Gasteiger partial charge in [0.15, 0.2) is 0 Å². The summed E-state index contributed by atoms with van der Waals surface area (Å²) in [7, 11) is 0. The lowest BCUT2D eigenvalue weighted by atomic mass is 9.94. The molecule has 0 fully saturated rings. The summed E-state index contributed by atoms with van der Waals surface area (Å²) in [5, 5.41) is 0. The van der Waals surface area contributed by atoms with Gasteiger partial charge in [0.25, 0.3) is 0 Å². The van der Waals surface area contributed by atoms with E-state index in [4.69, 9.17) is 29.3 Å². The van der Waals surface area contributed by atoms with Gasteiger partial charge >= 0.3 is 0 Å². The van der Waals surface area contributed by atoms with Gasteiger partial charge in [0, 0.05) is 0 Å². The van der Waals surface area contributed by atoms with Gasteiger partial charge in [-0.05, 0) is 36.0 Å². The highest BCUT2D eigenvalue weighted by atomic mass is 35.5. The predicted molar refractivity (Wildman–Crippen MR) is 56.4 cm³/mol. The molecule has 0 heterocycles. The molecule has 2 N–H and O–H groups in total. The van der Waals surface area contributed by atoms with Gasteiger partial charge in [-0.1, -0.05) is 30.3 Å². The third kappa shape index (κ3) is 3.16. The Morgan fingerprint density at radius 3 is 2.31 bits per heavy atom. The maximum Gasteiger partial charge on any atom is 0.0537 e. The van der Waals surface area contributed by atoms with Crippen LogP contribution < -0.4 is 5.73 Å². The Morgan fingerprint density at radius 1 is 1.31 bits per heavy atom. The number of nitrogens with two attached hydrogens (primary N) is 1. The van der Waals surface area contributed by atoms with Crippen molar-refractivity contribution in [2.75, 3.05) is 6.54 Å². The molecule has 1 atom stereocenters. The van der Waals surface area contributed by atoms with Crippen LogP contribution in [0.1, 0.15) is 12.5 Å². The summed E-state index contributed by atoms with van der Waals surface area (Å²) in [6.45, 7) is 2.28. The van der Waals surface area contributed by atoms with Crippen molar-refractivity contribution in [2.45, 2.75) is 12.5 Å². The Hall–Kier alpha value is -0.280. The third-order valence-corrected chi connectivity index (χ3v) is 2.12. The van der Waals surface area contributed by atoms with Gasteiger partial charge in [-0.3, -0.25) is 0 Å². The average Bonchev–Trinajstić information content (AvgIpc) is 2.04. The molecule has 0 saturated carbocycles. The molecule has 1 aromatic carbocycles. The summed E-state index contributed by atoms with van der Waals surface area (Å²) < 4.78 is 1.05. The number of benzene rings is 1. The lowest BCUT2D eigenvalue weighted by Crippen LogP contribution is -2.40. The highest BCUT2D eigenvalue weighted by molar-refractivity contribution is 6.33. The Morgan fingerprint density at radius 2 is 1.85 bits per heavy atom. The van der Waals surface area contributed by atoms with Crippen LogP contribution in [0.3, 0.4) is 0 Å². The summed E-state index contributed by atoms with van der Waals surface area (Å²) >= 11 is 11.1. The first kappa shape index (κ1) is 10.8. The largest absolute Gasteiger partial charge is 0.320 e. The van der Waals surface area contributed by atoms with Crippen LogP contribution in [0.25, 0.3) is 0 Å². The maximum absolute atomic E-state index is 6.03. The number of hydrogen-bond acceptors (Lipinski definition) is 2. The smallest absolute Gasteiger partial charge is 0.0537 e. The molecule has 0 bridgehead atoms. The first-order chi connectivity index (χ1) is 6.02. The van der Waals surface area contributed by atoms with E-state index in [2.05, 4.69) is 0 Å². The Labute approximate surface area is 88.5 Å². The first-order valence-electron chi connectivity index (χ1n) is 3.96. The highest BCUT2D eigenvalue weighted by Gasteiger charge is 2.22. The lowest BCUT2D eigenvalue weighted by Gasteiger charge is -2.25. The van der Waals surface area contributed by atoms with Crippen LogP contribution in [0.2, 0.25) is 0 Å². The minimum absolute atomic E-state index is 0.389. The number of hydrogen-bond donors (Lipinski definition) is 1. The Balaban J connectivity index is 2.81. The average molecular weight is 219 g/mol. The molecule has 72 valence electrons. The van der Waals surface area contributed by atoms with Crippen molar-refractivity contribution in [3.05, 3.63) is 35.9 Å². The van der Waals surface area contributed by atoms with E-state index in [0.29, 0.717) is 6.54 Å². The molecule has 13 heavy (non-hydrogen) atoms. The molecule has 0 aliphatic heterocycles. The van der Waals surface area contributed by atoms with Crippen molar-refractivity contribution < 1.29 is 0 Å². The van der Waals surface area contributed by atoms with Gasteiger partial charge in [0.1, 0.15) is 0 Å². The van der Waals surface area contributed by atoms with E-state index >= 15 is 0 Å². The van der Waals surface area contributed by atoms with E-state index in [1.54, 1.807) is 0 Å². The van der Waals surface area contributed by atoms with Gasteiger partial charge in [-0.25, -0.2) is 0 Å². The van der Waals surface area contributed by atoms with Crippen LogP contribution in [-0.2, 0) is 5.54 Å². The molecule has 4 heteroatoms. The van der Waals surface area contributed by atoms with Crippen molar-refractivity contribution in [3.63, 3.8) is 0 Å². The minimum Gasteiger partial charge on any atom is -0.320 e. The molecular weight excluding hydrogens is 207 g/mol. The zero-order chi connectivity index (χ0) is 9.90. The monoisotopic (exact) mass is 218 g/mol. The molecule has 1 unspecified atom stereocenters. The molecular formula is C9H12Cl2N2. The van der Waals surface area contributed by atoms with Crippen molar-refractivity contribution in [2.24, 2.45) is 5.73 Å². The standard InChI is InChI=1S/C9H12Cl2N2/c1-9(12,7-13(10)11)8-5-3-2-4-6-8/h2-6H,7,12H2,1H3. The summed E-state index contributed by atoms with van der Waals surface area (Å²) in [6, 6.07) is 9.73. The quantitative estimate of drug-likeness (QED) is 0.791. The third-order valence-electron chi connectivity index (χ3n) is 1.88. The second-order valence-corrected chi connectivity index (χ2v) is 4.23. The normalized spacial score (nSPS) is 15.8. The lowest BCUT2D eigenvalue weighted by molar-refractivity contribution is 0.429. The number of rotatable bonds is 3. The fourth-order valence-corrected chi connectivity index (χ4v) is 1.66. The molecule has 0 aliphatic rings. The molecule has 2 nitrogen and oxygen atoms in total. The highest BCUT2D eigenvalue weighted by Crippen LogP contribution is 2.20. The number of halogens is 2. The fourth-order valence-electron chi connectivity index (χ4n) is 1.16. The molecule has 0 spiro atoms. The zero-order valence-corrected chi connectivity index (χ0v) is 8.89. The van der Waals surface area contributed by atoms with Gasteiger partial charge in [0.2, 0.25) is 0 Å². The molecule has 0 aliphatic carbocycles. The molecule has 0 amide bonds. The van der Waals surface area contributed by atoms with Crippen LogP contribution >= 0.6 is 23.6 Å². The van der Waals surface area contributed by atoms with E-state index in [1.807, 2.05) is 37.3 Å². The van der Waals surface area contributed by atoms with Crippen LogP contribution in [0.4, 0.5) is 0 Å². The molecule has 1 aromatic rings. The molecule has 0 radical (unpaired) electrons. The second kappa shape index (κ2) is 4.29. The Bertz CT molecular complexity index is 260. The molecule has 1 rings (SSSR count). The SMILES string of the molecule is CC(N)(CN(Cl)Cl)c1ccccc1. The second-order valence-electron chi connectivity index (χ2n) is 3.24. The molecule has 0 saturated heterocycles. The predicted octanol–water partition coefficient (Wildman–Crippen LogP) is 2.47. The van der Waals surface area contributed by atoms with Gasteiger partial charge in [-0.15, -0.1) is 3.94 Å². The van der Waals surface area contributed by atoms with Crippen LogP contribution in [0, 0.1) is 0 Å². The van der Waals surface area contributed by atoms with Crippen LogP contribution in [0.15, 0.2) is 30.3 Å². The molecule has 0 aromatic heterocycles. The maximum atomic E-state index is 6.03. The van der Waals surface area contributed by atoms with E-state index in [-0.39, 0.29) is 0 Å². The van der Waals surface area contributed by atoms with Crippen LogP contribution in [0.5, 0.6) is 0 Å². The minimum atomic E-state index is -0.523. The zero-order valence-electron chi connectivity index (χ0n) is 7.37. The van der Waals surface area contributed by atoms with E-state index in [0.717, 1.165) is 9.50 Å². The van der Waals surface area contributed by atoms with Crippen molar-refractivity contribution in [3.8, 4) is 0 Å². The fraction of sp³-hybridized carbons (Fsp3) is 0.333. The van der Waals surface area contributed by atoms with Crippen molar-refractivity contribution >= 4 is 23.6 Å².